The number of nitrogens with zero attached hydrogens (tertiary/aromatic N) is 1. The van der Waals surface area contributed by atoms with Gasteiger partial charge in [0, 0.05) is 38.0 Å². The predicted molar refractivity (Wildman–Crippen MR) is 81.0 cm³/mol. The molecule has 2 N–H and O–H groups in total. The third kappa shape index (κ3) is 4.24. The molecule has 7 heteroatoms. The van der Waals surface area contributed by atoms with E-state index in [9.17, 15) is 18.4 Å². The van der Waals surface area contributed by atoms with Gasteiger partial charge in [0.05, 0.1) is 5.56 Å². The zero-order valence-corrected chi connectivity index (χ0v) is 12.9. The van der Waals surface area contributed by atoms with Crippen molar-refractivity contribution in [2.45, 2.75) is 31.7 Å². The van der Waals surface area contributed by atoms with Crippen LogP contribution in [0.3, 0.4) is 0 Å². The number of benzene rings is 1. The van der Waals surface area contributed by atoms with Gasteiger partial charge in [-0.05, 0) is 25.0 Å². The standard InChI is InChI=1S/C15H18F2N2O2.ClH/c16-10-3-4-12(13(17)8-10)14(20)5-6-15(21)19-7-1-2-11(19)9-18;/h3-4,8,11H,1-2,5-7,9,18H2;1H. The molecule has 0 aliphatic carbocycles. The Hall–Kier alpha value is -1.53. The fraction of sp³-hybridized carbons (Fsp3) is 0.467. The van der Waals surface area contributed by atoms with E-state index < -0.39 is 17.4 Å². The van der Waals surface area contributed by atoms with Gasteiger partial charge in [0.25, 0.3) is 0 Å². The lowest BCUT2D eigenvalue weighted by Crippen LogP contribution is -2.40. The average Bonchev–Trinajstić information content (AvgIpc) is 2.92. The second-order valence-electron chi connectivity index (χ2n) is 5.17. The molecule has 0 saturated carbocycles. The molecule has 0 radical (unpaired) electrons. The summed E-state index contributed by atoms with van der Waals surface area (Å²) in [5.74, 6) is -2.26. The van der Waals surface area contributed by atoms with Crippen LogP contribution in [-0.2, 0) is 4.79 Å². The molecule has 1 aliphatic heterocycles. The number of Topliss-reactive ketones (excluding diaryl/α,β-unsaturated/α-hetero) is 1. The molecule has 0 bridgehead atoms. The summed E-state index contributed by atoms with van der Waals surface area (Å²) in [5, 5.41) is 0. The SMILES string of the molecule is Cl.NCC1CCCN1C(=O)CCC(=O)c1ccc(F)cc1F. The Morgan fingerprint density at radius 2 is 2.00 bits per heavy atom. The zero-order valence-electron chi connectivity index (χ0n) is 12.1. The lowest BCUT2D eigenvalue weighted by molar-refractivity contribution is -0.131. The van der Waals surface area contributed by atoms with Crippen molar-refractivity contribution in [1.29, 1.82) is 0 Å². The molecule has 1 aliphatic rings. The van der Waals surface area contributed by atoms with Crippen molar-refractivity contribution in [3.8, 4) is 0 Å². The largest absolute Gasteiger partial charge is 0.338 e. The van der Waals surface area contributed by atoms with E-state index in [4.69, 9.17) is 5.73 Å². The van der Waals surface area contributed by atoms with Gasteiger partial charge >= 0.3 is 0 Å². The Balaban J connectivity index is 0.00000242. The molecule has 0 spiro atoms. The molecular weight excluding hydrogens is 314 g/mol. The number of hydrogen-bond donors (Lipinski definition) is 1. The Bertz CT molecular complexity index is 554. The summed E-state index contributed by atoms with van der Waals surface area (Å²) < 4.78 is 26.3. The van der Waals surface area contributed by atoms with Crippen molar-refractivity contribution in [1.82, 2.24) is 4.90 Å². The maximum Gasteiger partial charge on any atom is 0.223 e. The highest BCUT2D eigenvalue weighted by Gasteiger charge is 2.27. The second kappa shape index (κ2) is 8.19. The van der Waals surface area contributed by atoms with Crippen LogP contribution in [0.25, 0.3) is 0 Å². The van der Waals surface area contributed by atoms with Crippen LogP contribution in [0.15, 0.2) is 18.2 Å². The Kier molecular flexibility index (Phi) is 6.90. The van der Waals surface area contributed by atoms with Crippen LogP contribution < -0.4 is 5.73 Å². The van der Waals surface area contributed by atoms with Crippen LogP contribution in [-0.4, -0.2) is 35.7 Å². The molecule has 4 nitrogen and oxygen atoms in total. The minimum atomic E-state index is -0.895. The van der Waals surface area contributed by atoms with Gasteiger partial charge in [0.1, 0.15) is 11.6 Å². The quantitative estimate of drug-likeness (QED) is 0.841. The fourth-order valence-corrected chi connectivity index (χ4v) is 2.62. The smallest absolute Gasteiger partial charge is 0.223 e. The molecule has 1 aromatic carbocycles. The molecule has 1 aromatic rings. The number of amides is 1. The lowest BCUT2D eigenvalue weighted by atomic mass is 10.1. The predicted octanol–water partition coefficient (Wildman–Crippen LogP) is 2.30. The number of carbonyl (C=O) groups is 2. The summed E-state index contributed by atoms with van der Waals surface area (Å²) in [5.41, 5.74) is 5.42. The normalized spacial score (nSPS) is 17.2. The second-order valence-corrected chi connectivity index (χ2v) is 5.17. The van der Waals surface area contributed by atoms with E-state index in [2.05, 4.69) is 0 Å². The number of nitrogens with two attached hydrogens (primary N) is 1. The third-order valence-electron chi connectivity index (χ3n) is 3.77. The molecule has 0 aromatic heterocycles. The number of hydrogen-bond acceptors (Lipinski definition) is 3. The molecule has 1 atom stereocenters. The van der Waals surface area contributed by atoms with Gasteiger partial charge in [-0.25, -0.2) is 8.78 Å². The first-order chi connectivity index (χ1) is 10.0. The van der Waals surface area contributed by atoms with Crippen molar-refractivity contribution < 1.29 is 18.4 Å². The van der Waals surface area contributed by atoms with Crippen LogP contribution in [0.2, 0.25) is 0 Å². The van der Waals surface area contributed by atoms with Gasteiger partial charge in [-0.15, -0.1) is 12.4 Å². The molecule has 1 fully saturated rings. The Morgan fingerprint density at radius 3 is 2.64 bits per heavy atom. The summed E-state index contributed by atoms with van der Waals surface area (Å²) in [7, 11) is 0. The highest BCUT2D eigenvalue weighted by atomic mass is 35.5. The number of carbonyl (C=O) groups excluding carboxylic acids is 2. The summed E-state index contributed by atoms with van der Waals surface area (Å²) >= 11 is 0. The van der Waals surface area contributed by atoms with Gasteiger partial charge < -0.3 is 10.6 Å². The first kappa shape index (κ1) is 18.5. The molecule has 2 rings (SSSR count). The number of likely N-dealkylation sites (tertiary alicyclic amines) is 1. The minimum absolute atomic E-state index is 0. The van der Waals surface area contributed by atoms with Gasteiger partial charge in [-0.1, -0.05) is 0 Å². The van der Waals surface area contributed by atoms with E-state index in [0.717, 1.165) is 25.0 Å². The Morgan fingerprint density at radius 1 is 1.27 bits per heavy atom. The van der Waals surface area contributed by atoms with Crippen molar-refractivity contribution in [2.75, 3.05) is 13.1 Å². The molecule has 1 heterocycles. The number of ketones is 1. The fourth-order valence-electron chi connectivity index (χ4n) is 2.62. The van der Waals surface area contributed by atoms with Crippen LogP contribution in [0, 0.1) is 11.6 Å². The van der Waals surface area contributed by atoms with Gasteiger partial charge in [0.2, 0.25) is 5.91 Å². The molecule has 122 valence electrons. The number of rotatable bonds is 5. The van der Waals surface area contributed by atoms with Gasteiger partial charge in [-0.2, -0.15) is 0 Å². The first-order valence-electron chi connectivity index (χ1n) is 7.00. The first-order valence-corrected chi connectivity index (χ1v) is 7.00. The summed E-state index contributed by atoms with van der Waals surface area (Å²) in [6, 6.07) is 2.84. The molecular formula is C15H19ClF2N2O2. The topological polar surface area (TPSA) is 63.4 Å². The highest BCUT2D eigenvalue weighted by molar-refractivity contribution is 5.98. The van der Waals surface area contributed by atoms with E-state index in [1.807, 2.05) is 0 Å². The van der Waals surface area contributed by atoms with Crippen molar-refractivity contribution in [3.63, 3.8) is 0 Å². The van der Waals surface area contributed by atoms with Crippen molar-refractivity contribution in [2.24, 2.45) is 5.73 Å². The highest BCUT2D eigenvalue weighted by Crippen LogP contribution is 2.19. The van der Waals surface area contributed by atoms with E-state index >= 15 is 0 Å². The maximum atomic E-state index is 13.5. The van der Waals surface area contributed by atoms with Gasteiger partial charge in [-0.3, -0.25) is 9.59 Å². The van der Waals surface area contributed by atoms with E-state index in [1.54, 1.807) is 4.90 Å². The lowest BCUT2D eigenvalue weighted by Gasteiger charge is -2.23. The van der Waals surface area contributed by atoms with Crippen LogP contribution in [0.4, 0.5) is 8.78 Å². The maximum absolute atomic E-state index is 13.5. The van der Waals surface area contributed by atoms with Crippen molar-refractivity contribution in [3.05, 3.63) is 35.4 Å². The minimum Gasteiger partial charge on any atom is -0.338 e. The number of halogens is 3. The van der Waals surface area contributed by atoms with Crippen LogP contribution in [0.5, 0.6) is 0 Å². The van der Waals surface area contributed by atoms with E-state index in [-0.39, 0.29) is 42.8 Å². The summed E-state index contributed by atoms with van der Waals surface area (Å²) in [4.78, 5) is 25.6. The molecule has 1 unspecified atom stereocenters. The Labute approximate surface area is 134 Å². The third-order valence-corrected chi connectivity index (χ3v) is 3.77. The van der Waals surface area contributed by atoms with E-state index in [1.165, 1.54) is 0 Å². The molecule has 1 saturated heterocycles. The zero-order chi connectivity index (χ0) is 15.4. The van der Waals surface area contributed by atoms with Gasteiger partial charge in [0.15, 0.2) is 5.78 Å². The van der Waals surface area contributed by atoms with E-state index in [0.29, 0.717) is 19.2 Å². The van der Waals surface area contributed by atoms with Crippen molar-refractivity contribution >= 4 is 24.1 Å². The average molecular weight is 333 g/mol. The summed E-state index contributed by atoms with van der Waals surface area (Å²) in [6.07, 6.45) is 1.72. The van der Waals surface area contributed by atoms with Crippen LogP contribution >= 0.6 is 12.4 Å². The molecule has 22 heavy (non-hydrogen) atoms. The van der Waals surface area contributed by atoms with Crippen LogP contribution in [0.1, 0.15) is 36.0 Å². The monoisotopic (exact) mass is 332 g/mol. The summed E-state index contributed by atoms with van der Waals surface area (Å²) in [6.45, 7) is 1.06. The molecule has 1 amide bonds.